The molecule has 1 heterocycles. The number of aryl methyl sites for hydroxylation is 2. The number of sulfonamides is 1. The van der Waals surface area contributed by atoms with Crippen LogP contribution in [0.3, 0.4) is 0 Å². The summed E-state index contributed by atoms with van der Waals surface area (Å²) in [5.41, 5.74) is 3.09. The number of benzene rings is 1. The van der Waals surface area contributed by atoms with E-state index in [0.29, 0.717) is 13.1 Å². The quantitative estimate of drug-likeness (QED) is 0.806. The first-order chi connectivity index (χ1) is 11.3. The number of hydrogen-bond acceptors (Lipinski definition) is 4. The Kier molecular flexibility index (Phi) is 6.23. The fourth-order valence-electron chi connectivity index (χ4n) is 2.75. The second-order valence-electron chi connectivity index (χ2n) is 6.21. The molecule has 0 saturated carbocycles. The average molecular weight is 354 g/mol. The minimum absolute atomic E-state index is 0.0682. The Morgan fingerprint density at radius 2 is 1.79 bits per heavy atom. The Morgan fingerprint density at radius 3 is 2.46 bits per heavy atom. The van der Waals surface area contributed by atoms with E-state index in [1.807, 2.05) is 32.9 Å². The third-order valence-electron chi connectivity index (χ3n) is 4.36. The Hall–Kier alpha value is -1.60. The van der Waals surface area contributed by atoms with Crippen LogP contribution in [0.4, 0.5) is 0 Å². The van der Waals surface area contributed by atoms with Crippen LogP contribution in [0.5, 0.6) is 5.75 Å². The van der Waals surface area contributed by atoms with Crippen molar-refractivity contribution in [2.45, 2.75) is 33.6 Å². The molecule has 0 unspecified atom stereocenters. The first-order valence-electron chi connectivity index (χ1n) is 8.25. The Morgan fingerprint density at radius 1 is 1.17 bits per heavy atom. The molecule has 2 rings (SSSR count). The van der Waals surface area contributed by atoms with Gasteiger partial charge in [-0.3, -0.25) is 4.79 Å². The lowest BCUT2D eigenvalue weighted by molar-refractivity contribution is -0.122. The molecule has 1 fully saturated rings. The Labute approximate surface area is 144 Å². The van der Waals surface area contributed by atoms with Crippen LogP contribution < -0.4 is 10.1 Å². The number of carbonyl (C=O) groups excluding carboxylic acids is 1. The van der Waals surface area contributed by atoms with E-state index in [1.54, 1.807) is 0 Å². The Bertz CT molecular complexity index is 695. The molecule has 0 aromatic heterocycles. The van der Waals surface area contributed by atoms with E-state index in [1.165, 1.54) is 4.31 Å². The molecule has 1 aromatic carbocycles. The highest BCUT2D eigenvalue weighted by molar-refractivity contribution is 7.89. The van der Waals surface area contributed by atoms with Crippen LogP contribution in [0.25, 0.3) is 0 Å². The zero-order valence-electron chi connectivity index (χ0n) is 14.6. The van der Waals surface area contributed by atoms with Crippen molar-refractivity contribution in [3.8, 4) is 5.75 Å². The van der Waals surface area contributed by atoms with Crippen LogP contribution in [0.1, 0.15) is 29.5 Å². The summed E-state index contributed by atoms with van der Waals surface area (Å²) in [5.74, 6) is 0.336. The van der Waals surface area contributed by atoms with Crippen LogP contribution in [-0.4, -0.2) is 50.6 Å². The van der Waals surface area contributed by atoms with E-state index >= 15 is 0 Å². The number of rotatable bonds is 7. The molecule has 1 aliphatic rings. The number of nitrogens with one attached hydrogen (secondary N) is 1. The third-order valence-corrected chi connectivity index (χ3v) is 6.23. The van der Waals surface area contributed by atoms with Gasteiger partial charge in [-0.1, -0.05) is 12.1 Å². The lowest BCUT2D eigenvalue weighted by Crippen LogP contribution is -2.37. The summed E-state index contributed by atoms with van der Waals surface area (Å²) in [7, 11) is -3.26. The first kappa shape index (κ1) is 18.7. The lowest BCUT2D eigenvalue weighted by atomic mass is 10.1. The molecular weight excluding hydrogens is 328 g/mol. The van der Waals surface area contributed by atoms with Crippen molar-refractivity contribution in [1.29, 1.82) is 0 Å². The predicted octanol–water partition coefficient (Wildman–Crippen LogP) is 1.53. The van der Waals surface area contributed by atoms with Crippen molar-refractivity contribution in [3.63, 3.8) is 0 Å². The first-order valence-corrected chi connectivity index (χ1v) is 9.86. The molecule has 134 valence electrons. The van der Waals surface area contributed by atoms with E-state index in [4.69, 9.17) is 4.74 Å². The maximum atomic E-state index is 12.1. The minimum atomic E-state index is -3.26. The van der Waals surface area contributed by atoms with Crippen LogP contribution in [0.15, 0.2) is 12.1 Å². The van der Waals surface area contributed by atoms with Gasteiger partial charge in [-0.15, -0.1) is 0 Å². The summed E-state index contributed by atoms with van der Waals surface area (Å²) in [5, 5.41) is 2.62. The second-order valence-corrected chi connectivity index (χ2v) is 8.30. The maximum Gasteiger partial charge on any atom is 0.257 e. The summed E-state index contributed by atoms with van der Waals surface area (Å²) in [6.45, 7) is 7.05. The summed E-state index contributed by atoms with van der Waals surface area (Å²) in [6, 6.07) is 3.97. The van der Waals surface area contributed by atoms with Gasteiger partial charge in [-0.05, 0) is 50.3 Å². The molecule has 24 heavy (non-hydrogen) atoms. The highest BCUT2D eigenvalue weighted by Gasteiger charge is 2.24. The van der Waals surface area contributed by atoms with Crippen molar-refractivity contribution in [1.82, 2.24) is 9.62 Å². The van der Waals surface area contributed by atoms with Gasteiger partial charge in [0.05, 0.1) is 5.75 Å². The van der Waals surface area contributed by atoms with Gasteiger partial charge in [0.2, 0.25) is 10.0 Å². The third kappa shape index (κ3) is 4.70. The van der Waals surface area contributed by atoms with E-state index in [9.17, 15) is 13.2 Å². The van der Waals surface area contributed by atoms with Gasteiger partial charge >= 0.3 is 0 Å². The molecule has 1 N–H and O–H groups in total. The van der Waals surface area contributed by atoms with Gasteiger partial charge < -0.3 is 10.1 Å². The standard InChI is InChI=1S/C17H26N2O4S/c1-13-6-7-14(2)17(15(13)3)23-12-16(20)18-8-11-24(21,22)19-9-4-5-10-19/h6-7H,4-5,8-12H2,1-3H3,(H,18,20). The van der Waals surface area contributed by atoms with Crippen molar-refractivity contribution in [2.75, 3.05) is 32.0 Å². The average Bonchev–Trinajstić information content (AvgIpc) is 3.06. The number of carbonyl (C=O) groups is 1. The Balaban J connectivity index is 1.79. The largest absolute Gasteiger partial charge is 0.483 e. The molecule has 0 atom stereocenters. The normalized spacial score (nSPS) is 15.5. The number of nitrogens with zero attached hydrogens (tertiary/aromatic N) is 1. The molecule has 1 aromatic rings. The highest BCUT2D eigenvalue weighted by Crippen LogP contribution is 2.25. The topological polar surface area (TPSA) is 75.7 Å². The molecule has 7 heteroatoms. The molecular formula is C17H26N2O4S. The molecule has 0 radical (unpaired) electrons. The molecule has 0 aliphatic carbocycles. The van der Waals surface area contributed by atoms with Gasteiger partial charge in [0, 0.05) is 19.6 Å². The fraction of sp³-hybridized carbons (Fsp3) is 0.588. The highest BCUT2D eigenvalue weighted by atomic mass is 32.2. The number of amides is 1. The van der Waals surface area contributed by atoms with Crippen LogP contribution in [0, 0.1) is 20.8 Å². The summed E-state index contributed by atoms with van der Waals surface area (Å²) < 4.78 is 31.2. The van der Waals surface area contributed by atoms with Crippen LogP contribution >= 0.6 is 0 Å². The molecule has 1 aliphatic heterocycles. The molecule has 1 amide bonds. The van der Waals surface area contributed by atoms with Gasteiger partial charge in [0.25, 0.3) is 5.91 Å². The van der Waals surface area contributed by atoms with E-state index in [2.05, 4.69) is 5.32 Å². The monoisotopic (exact) mass is 354 g/mol. The molecule has 6 nitrogen and oxygen atoms in total. The van der Waals surface area contributed by atoms with E-state index < -0.39 is 10.0 Å². The van der Waals surface area contributed by atoms with Gasteiger partial charge in [-0.2, -0.15) is 0 Å². The van der Waals surface area contributed by atoms with E-state index in [0.717, 1.165) is 35.3 Å². The van der Waals surface area contributed by atoms with Crippen LogP contribution in [-0.2, 0) is 14.8 Å². The van der Waals surface area contributed by atoms with E-state index in [-0.39, 0.29) is 24.8 Å². The SMILES string of the molecule is Cc1ccc(C)c(OCC(=O)NCCS(=O)(=O)N2CCCC2)c1C. The predicted molar refractivity (Wildman–Crippen MR) is 93.8 cm³/mol. The van der Waals surface area contributed by atoms with Crippen molar-refractivity contribution >= 4 is 15.9 Å². The smallest absolute Gasteiger partial charge is 0.257 e. The zero-order valence-corrected chi connectivity index (χ0v) is 15.4. The zero-order chi connectivity index (χ0) is 17.7. The molecule has 0 spiro atoms. The van der Waals surface area contributed by atoms with Gasteiger partial charge in [0.1, 0.15) is 5.75 Å². The summed E-state index contributed by atoms with van der Waals surface area (Å²) in [6.07, 6.45) is 1.82. The summed E-state index contributed by atoms with van der Waals surface area (Å²) >= 11 is 0. The fourth-order valence-corrected chi connectivity index (χ4v) is 4.18. The van der Waals surface area contributed by atoms with Crippen molar-refractivity contribution < 1.29 is 17.9 Å². The molecule has 0 bridgehead atoms. The lowest BCUT2D eigenvalue weighted by Gasteiger charge is -2.16. The van der Waals surface area contributed by atoms with Crippen molar-refractivity contribution in [2.24, 2.45) is 0 Å². The van der Waals surface area contributed by atoms with Crippen LogP contribution in [0.2, 0.25) is 0 Å². The van der Waals surface area contributed by atoms with Crippen molar-refractivity contribution in [3.05, 3.63) is 28.8 Å². The minimum Gasteiger partial charge on any atom is -0.483 e. The second kappa shape index (κ2) is 7.98. The van der Waals surface area contributed by atoms with Gasteiger partial charge in [-0.25, -0.2) is 12.7 Å². The molecule has 1 saturated heterocycles. The van der Waals surface area contributed by atoms with Gasteiger partial charge in [0.15, 0.2) is 6.61 Å². The summed E-state index contributed by atoms with van der Waals surface area (Å²) in [4.78, 5) is 11.9. The maximum absolute atomic E-state index is 12.1. The number of ether oxygens (including phenoxy) is 1. The number of hydrogen-bond donors (Lipinski definition) is 1.